The first-order valence-corrected chi connectivity index (χ1v) is 46.8. The Morgan fingerprint density at radius 3 is 0.630 bits per heavy atom. The van der Waals surface area contributed by atoms with Crippen LogP contribution in [0.4, 0.5) is 0 Å². The highest BCUT2D eigenvalue weighted by atomic mass is 14.8. The van der Waals surface area contributed by atoms with Crippen molar-refractivity contribution >= 4 is 130 Å². The molecular weight excluding hydrogens is 1670 g/mol. The van der Waals surface area contributed by atoms with Crippen molar-refractivity contribution in [2.75, 3.05) is 0 Å². The average molecular weight is 1750 g/mol. The Hall–Kier alpha value is -18.5. The molecule has 0 spiro atoms. The molecule has 640 valence electrons. The van der Waals surface area contributed by atoms with E-state index in [0.717, 1.165) is 199 Å². The highest BCUT2D eigenvalue weighted by Crippen LogP contribution is 2.51. The highest BCUT2D eigenvalue weighted by Gasteiger charge is 2.26. The van der Waals surface area contributed by atoms with Crippen LogP contribution in [0.3, 0.4) is 0 Å². The average Bonchev–Trinajstić information content (AvgIpc) is 0.721. The van der Waals surface area contributed by atoms with Crippen molar-refractivity contribution in [3.63, 3.8) is 0 Å². The van der Waals surface area contributed by atoms with E-state index in [-0.39, 0.29) is 0 Å². The molecule has 0 radical (unpaired) electrons. The number of rotatable bonds is 13. The van der Waals surface area contributed by atoms with Crippen LogP contribution in [-0.4, -0.2) is 39.9 Å². The molecule has 8 heteroatoms. The molecule has 19 aromatic carbocycles. The molecule has 0 saturated carbocycles. The van der Waals surface area contributed by atoms with Gasteiger partial charge in [-0.1, -0.05) is 413 Å². The quantitative estimate of drug-likeness (QED) is 0.0831. The third-order valence-corrected chi connectivity index (χ3v) is 27.5. The van der Waals surface area contributed by atoms with Gasteiger partial charge >= 0.3 is 0 Å². The Bertz CT molecular complexity index is 9140. The molecule has 0 unspecified atom stereocenters. The van der Waals surface area contributed by atoms with Crippen LogP contribution < -0.4 is 0 Å². The zero-order chi connectivity index (χ0) is 91.1. The van der Waals surface area contributed by atoms with E-state index in [9.17, 15) is 0 Å². The molecule has 0 saturated heterocycles. The van der Waals surface area contributed by atoms with Crippen molar-refractivity contribution in [1.82, 2.24) is 39.9 Å². The molecule has 0 atom stereocenters. The van der Waals surface area contributed by atoms with E-state index in [1.165, 1.54) is 76.5 Å². The van der Waals surface area contributed by atoms with Crippen LogP contribution in [0.15, 0.2) is 486 Å². The largest absolute Gasteiger partial charge is 0.254 e. The van der Waals surface area contributed by atoms with Crippen molar-refractivity contribution in [1.29, 1.82) is 0 Å². The SMILES string of the molecule is c1ccc(-c2cc(-c3ccc(-c4c5ccccc5c(-c5cc(-c6ccccc6)nc6c5ccc5c(-c7ccccc7)ccnc56)c5ccccc45)cc3)c3ccc4c(-c5ccccc5)ccnc4c3n2)cc1.c1ccc(-c2cc(-c3ccc(-c4c5ccccc5c(-c5ccc(-c6cc(-c7ccccc7)nc7c6ccc6cccnc67)cc5)c5ccccc45)cc3)c3ccc4cccnc4c3n2)cc1. The van der Waals surface area contributed by atoms with Crippen molar-refractivity contribution in [2.45, 2.75) is 0 Å². The predicted octanol–water partition coefficient (Wildman–Crippen LogP) is 34.0. The lowest BCUT2D eigenvalue weighted by Crippen LogP contribution is -1.96. The summed E-state index contributed by atoms with van der Waals surface area (Å²) in [5.74, 6) is 0. The normalized spacial score (nSPS) is 11.6. The third kappa shape index (κ3) is 14.0. The lowest BCUT2D eigenvalue weighted by Gasteiger charge is -2.20. The van der Waals surface area contributed by atoms with Crippen LogP contribution in [0.5, 0.6) is 0 Å². The second-order valence-electron chi connectivity index (χ2n) is 35.3. The lowest BCUT2D eigenvalue weighted by molar-refractivity contribution is 1.37. The number of hydrogen-bond donors (Lipinski definition) is 0. The van der Waals surface area contributed by atoms with Crippen molar-refractivity contribution in [2.24, 2.45) is 0 Å². The molecule has 0 amide bonds. The van der Waals surface area contributed by atoms with Gasteiger partial charge in [0, 0.05) is 90.1 Å². The molecule has 8 nitrogen and oxygen atoms in total. The molecule has 8 heterocycles. The molecule has 138 heavy (non-hydrogen) atoms. The Balaban J connectivity index is 0.000000143. The molecular formula is C130H80N8. The summed E-state index contributed by atoms with van der Waals surface area (Å²) in [4.78, 5) is 40.9. The summed E-state index contributed by atoms with van der Waals surface area (Å²) in [6.45, 7) is 0. The van der Waals surface area contributed by atoms with E-state index in [1.807, 2.05) is 49.1 Å². The fourth-order valence-corrected chi connectivity index (χ4v) is 21.1. The molecule has 0 bridgehead atoms. The summed E-state index contributed by atoms with van der Waals surface area (Å²) in [7, 11) is 0. The standard InChI is InChI=1S/C68H42N4.C62H38N4/c1-5-17-43(18-6-1)49-37-39-69-65-55(49)33-35-57-59(41-61(71-67(57)65)46-21-9-3-10-22-46)45-29-31-48(32-30-45)63-51-25-13-15-27-53(51)64(54-28-16-14-26-52(54)63)60-42-62(47-23-11-4-12-24-47)72-68-58(60)36-34-56-50(38-40-70-66(56)68)44-19-7-2-8-20-44;1-3-13-41(14-4-1)55-37-53(51-33-31-45-17-11-35-63-59(45)61(51)65-55)39-23-27-43(28-24-39)57-47-19-7-9-21-49(47)58(50-22-10-8-20-48(50)57)44-29-25-40(26-30-44)54-38-56(42-15-5-2-6-16-42)66-62-52(54)34-32-46-18-12-36-64-60(46)62/h1-42H;1-38H. The summed E-state index contributed by atoms with van der Waals surface area (Å²) in [5, 5.41) is 18.2. The number of hydrogen-bond acceptors (Lipinski definition) is 8. The van der Waals surface area contributed by atoms with Gasteiger partial charge in [0.2, 0.25) is 0 Å². The number of pyridine rings is 8. The van der Waals surface area contributed by atoms with Gasteiger partial charge in [-0.2, -0.15) is 0 Å². The number of benzene rings is 19. The monoisotopic (exact) mass is 1750 g/mol. The summed E-state index contributed by atoms with van der Waals surface area (Å²) < 4.78 is 0. The summed E-state index contributed by atoms with van der Waals surface area (Å²) in [5.41, 5.74) is 35.9. The zero-order valence-electron chi connectivity index (χ0n) is 74.8. The Labute approximate surface area is 795 Å². The first-order chi connectivity index (χ1) is 68.5. The van der Waals surface area contributed by atoms with Gasteiger partial charge in [-0.05, 0) is 192 Å². The number of fused-ring (bicyclic) bond motifs is 16. The first kappa shape index (κ1) is 80.4. The minimum absolute atomic E-state index is 0.883. The van der Waals surface area contributed by atoms with Crippen molar-refractivity contribution in [3.05, 3.63) is 486 Å². The maximum absolute atomic E-state index is 5.46. The van der Waals surface area contributed by atoms with Crippen LogP contribution >= 0.6 is 0 Å². The van der Waals surface area contributed by atoms with E-state index in [4.69, 9.17) is 39.9 Å². The predicted molar refractivity (Wildman–Crippen MR) is 576 cm³/mol. The Kier molecular flexibility index (Phi) is 19.8. The second kappa shape index (κ2) is 34.0. The molecule has 27 aromatic rings. The Morgan fingerprint density at radius 1 is 0.116 bits per heavy atom. The summed E-state index contributed by atoms with van der Waals surface area (Å²) in [6.07, 6.45) is 7.54. The van der Waals surface area contributed by atoms with E-state index in [1.54, 1.807) is 0 Å². The zero-order valence-corrected chi connectivity index (χ0v) is 74.8. The van der Waals surface area contributed by atoms with Crippen LogP contribution in [0, 0.1) is 0 Å². The van der Waals surface area contributed by atoms with E-state index in [0.29, 0.717) is 0 Å². The Morgan fingerprint density at radius 2 is 0.333 bits per heavy atom. The van der Waals surface area contributed by atoms with Gasteiger partial charge in [-0.15, -0.1) is 0 Å². The minimum atomic E-state index is 0.883. The van der Waals surface area contributed by atoms with Crippen LogP contribution in [0.25, 0.3) is 275 Å². The number of nitrogens with zero attached hydrogens (tertiary/aromatic N) is 8. The smallest absolute Gasteiger partial charge is 0.0978 e. The molecule has 0 aliphatic carbocycles. The molecule has 0 N–H and O–H groups in total. The molecule has 27 rings (SSSR count). The molecule has 8 aromatic heterocycles. The van der Waals surface area contributed by atoms with Gasteiger partial charge in [0.15, 0.2) is 0 Å². The summed E-state index contributed by atoms with van der Waals surface area (Å²) in [6, 6.07) is 165. The van der Waals surface area contributed by atoms with Crippen molar-refractivity contribution in [3.8, 4) is 145 Å². The van der Waals surface area contributed by atoms with Gasteiger partial charge < -0.3 is 0 Å². The highest BCUT2D eigenvalue weighted by molar-refractivity contribution is 6.27. The lowest BCUT2D eigenvalue weighted by atomic mass is 9.84. The fraction of sp³-hybridized carbons (Fsp3) is 0. The van der Waals surface area contributed by atoms with Crippen molar-refractivity contribution < 1.29 is 0 Å². The van der Waals surface area contributed by atoms with E-state index >= 15 is 0 Å². The van der Waals surface area contributed by atoms with Gasteiger partial charge in [0.05, 0.1) is 66.9 Å². The number of aromatic nitrogens is 8. The fourth-order valence-electron chi connectivity index (χ4n) is 21.1. The topological polar surface area (TPSA) is 103 Å². The minimum Gasteiger partial charge on any atom is -0.254 e. The van der Waals surface area contributed by atoms with Gasteiger partial charge in [-0.3, -0.25) is 19.9 Å². The second-order valence-corrected chi connectivity index (χ2v) is 35.3. The molecule has 0 fully saturated rings. The maximum atomic E-state index is 5.46. The van der Waals surface area contributed by atoms with Gasteiger partial charge in [-0.25, -0.2) is 19.9 Å². The summed E-state index contributed by atoms with van der Waals surface area (Å²) >= 11 is 0. The van der Waals surface area contributed by atoms with E-state index < -0.39 is 0 Å². The first-order valence-electron chi connectivity index (χ1n) is 46.8. The maximum Gasteiger partial charge on any atom is 0.0978 e. The van der Waals surface area contributed by atoms with Gasteiger partial charge in [0.25, 0.3) is 0 Å². The van der Waals surface area contributed by atoms with Gasteiger partial charge in [0.1, 0.15) is 0 Å². The van der Waals surface area contributed by atoms with Crippen LogP contribution in [0.2, 0.25) is 0 Å². The van der Waals surface area contributed by atoms with Crippen LogP contribution in [0.1, 0.15) is 0 Å². The molecule has 0 aliphatic rings. The third-order valence-electron chi connectivity index (χ3n) is 27.5. The molecule has 0 aliphatic heterocycles. The van der Waals surface area contributed by atoms with E-state index in [2.05, 4.69) is 437 Å². The van der Waals surface area contributed by atoms with Crippen LogP contribution in [-0.2, 0) is 0 Å².